The molecule has 1 aromatic carbocycles. The summed E-state index contributed by atoms with van der Waals surface area (Å²) in [5.74, 6) is -1.06. The third-order valence-electron chi connectivity index (χ3n) is 3.98. The first-order chi connectivity index (χ1) is 14.3. The van der Waals surface area contributed by atoms with Crippen LogP contribution < -0.4 is 5.32 Å². The fourth-order valence-corrected chi connectivity index (χ4v) is 2.98. The van der Waals surface area contributed by atoms with E-state index in [1.54, 1.807) is 36.7 Å². The van der Waals surface area contributed by atoms with Crippen molar-refractivity contribution in [2.24, 2.45) is 0 Å². The standard InChI is InChI=1S/C20H18Cl2N4O4/c1-12-9-18(30-25-12)23-17(27)11-29-19(28)8-7-16-13(2)24-26(20(16)22)10-14-3-5-15(21)6-4-14/h3-9H,10-11H2,1-2H3,(H,23,27)/b8-7+. The summed E-state index contributed by atoms with van der Waals surface area (Å²) in [7, 11) is 0. The van der Waals surface area contributed by atoms with Gasteiger partial charge in [-0.05, 0) is 37.6 Å². The fraction of sp³-hybridized carbons (Fsp3) is 0.200. The van der Waals surface area contributed by atoms with Gasteiger partial charge in [0.2, 0.25) is 5.88 Å². The Morgan fingerprint density at radius 2 is 1.97 bits per heavy atom. The van der Waals surface area contributed by atoms with Crippen LogP contribution in [0, 0.1) is 13.8 Å². The summed E-state index contributed by atoms with van der Waals surface area (Å²) < 4.78 is 11.4. The highest BCUT2D eigenvalue weighted by Crippen LogP contribution is 2.23. The number of rotatable bonds is 7. The molecule has 0 spiro atoms. The molecule has 3 rings (SSSR count). The van der Waals surface area contributed by atoms with Gasteiger partial charge in [-0.1, -0.05) is 40.5 Å². The molecule has 156 valence electrons. The van der Waals surface area contributed by atoms with Gasteiger partial charge in [0.05, 0.1) is 17.9 Å². The van der Waals surface area contributed by atoms with Crippen molar-refractivity contribution in [2.75, 3.05) is 11.9 Å². The smallest absolute Gasteiger partial charge is 0.331 e. The number of anilines is 1. The number of hydrogen-bond donors (Lipinski definition) is 1. The van der Waals surface area contributed by atoms with Gasteiger partial charge in [0, 0.05) is 22.7 Å². The molecule has 0 aliphatic heterocycles. The SMILES string of the molecule is Cc1cc(NC(=O)COC(=O)/C=C/c2c(C)nn(Cc3ccc(Cl)cc3)c2Cl)on1. The van der Waals surface area contributed by atoms with E-state index in [0.29, 0.717) is 33.7 Å². The minimum Gasteiger partial charge on any atom is -0.452 e. The maximum absolute atomic E-state index is 11.9. The predicted octanol–water partition coefficient (Wildman–Crippen LogP) is 4.04. The van der Waals surface area contributed by atoms with Gasteiger partial charge in [-0.15, -0.1) is 0 Å². The van der Waals surface area contributed by atoms with Crippen molar-refractivity contribution in [3.05, 3.63) is 69.1 Å². The first-order valence-corrected chi connectivity index (χ1v) is 9.63. The van der Waals surface area contributed by atoms with E-state index in [2.05, 4.69) is 15.6 Å². The molecule has 0 radical (unpaired) electrons. The van der Waals surface area contributed by atoms with Crippen LogP contribution in [0.15, 0.2) is 40.9 Å². The van der Waals surface area contributed by atoms with Crippen molar-refractivity contribution in [3.8, 4) is 0 Å². The number of amides is 1. The molecule has 0 aliphatic rings. The predicted molar refractivity (Wildman–Crippen MR) is 112 cm³/mol. The molecule has 2 aromatic heterocycles. The molecule has 0 unspecified atom stereocenters. The molecular formula is C20H18Cl2N4O4. The van der Waals surface area contributed by atoms with Crippen LogP contribution >= 0.6 is 23.2 Å². The molecule has 30 heavy (non-hydrogen) atoms. The normalized spacial score (nSPS) is 11.1. The zero-order valence-corrected chi connectivity index (χ0v) is 17.7. The second-order valence-corrected chi connectivity index (χ2v) is 7.19. The molecular weight excluding hydrogens is 431 g/mol. The molecule has 0 fully saturated rings. The molecule has 1 amide bonds. The second-order valence-electron chi connectivity index (χ2n) is 6.40. The lowest BCUT2D eigenvalue weighted by atomic mass is 10.2. The highest BCUT2D eigenvalue weighted by atomic mass is 35.5. The number of hydrogen-bond acceptors (Lipinski definition) is 6. The molecule has 0 saturated carbocycles. The summed E-state index contributed by atoms with van der Waals surface area (Å²) in [4.78, 5) is 23.7. The van der Waals surface area contributed by atoms with Gasteiger partial charge < -0.3 is 9.26 Å². The van der Waals surface area contributed by atoms with E-state index in [0.717, 1.165) is 5.56 Å². The van der Waals surface area contributed by atoms with Crippen LogP contribution in [0.1, 0.15) is 22.5 Å². The number of nitrogens with zero attached hydrogens (tertiary/aromatic N) is 3. The van der Waals surface area contributed by atoms with Crippen LogP contribution in [-0.4, -0.2) is 33.4 Å². The lowest BCUT2D eigenvalue weighted by Gasteiger charge is -2.04. The van der Waals surface area contributed by atoms with E-state index in [9.17, 15) is 9.59 Å². The minimum atomic E-state index is -0.695. The average molecular weight is 449 g/mol. The third-order valence-corrected chi connectivity index (χ3v) is 4.63. The molecule has 1 N–H and O–H groups in total. The first-order valence-electron chi connectivity index (χ1n) is 8.87. The van der Waals surface area contributed by atoms with Gasteiger partial charge in [-0.3, -0.25) is 10.1 Å². The number of ether oxygens (including phenoxy) is 1. The van der Waals surface area contributed by atoms with Gasteiger partial charge >= 0.3 is 5.97 Å². The molecule has 3 aromatic rings. The van der Waals surface area contributed by atoms with Crippen LogP contribution in [0.5, 0.6) is 0 Å². The highest BCUT2D eigenvalue weighted by Gasteiger charge is 2.13. The molecule has 2 heterocycles. The molecule has 10 heteroatoms. The quantitative estimate of drug-likeness (QED) is 0.432. The first kappa shape index (κ1) is 21.6. The Bertz CT molecular complexity index is 1090. The summed E-state index contributed by atoms with van der Waals surface area (Å²) >= 11 is 12.3. The van der Waals surface area contributed by atoms with Crippen LogP contribution in [0.3, 0.4) is 0 Å². The minimum absolute atomic E-state index is 0.180. The van der Waals surface area contributed by atoms with E-state index < -0.39 is 18.5 Å². The van der Waals surface area contributed by atoms with Crippen molar-refractivity contribution >= 4 is 47.0 Å². The Labute approximate surface area is 182 Å². The summed E-state index contributed by atoms with van der Waals surface area (Å²) in [6.45, 7) is 3.48. The van der Waals surface area contributed by atoms with Gasteiger partial charge in [0.1, 0.15) is 5.15 Å². The monoisotopic (exact) mass is 448 g/mol. The lowest BCUT2D eigenvalue weighted by molar-refractivity contribution is -0.142. The topological polar surface area (TPSA) is 99.2 Å². The Kier molecular flexibility index (Phi) is 6.91. The second kappa shape index (κ2) is 9.60. The van der Waals surface area contributed by atoms with Crippen LogP contribution in [0.25, 0.3) is 6.08 Å². The number of aryl methyl sites for hydroxylation is 2. The Hall–Kier alpha value is -3.10. The van der Waals surface area contributed by atoms with E-state index in [1.165, 1.54) is 12.2 Å². The zero-order valence-electron chi connectivity index (χ0n) is 16.2. The van der Waals surface area contributed by atoms with Gasteiger partial charge in [0.25, 0.3) is 5.91 Å². The summed E-state index contributed by atoms with van der Waals surface area (Å²) in [6.07, 6.45) is 2.69. The van der Waals surface area contributed by atoms with Gasteiger partial charge in [-0.2, -0.15) is 5.10 Å². The number of esters is 1. The molecule has 0 atom stereocenters. The Balaban J connectivity index is 1.57. The fourth-order valence-electron chi connectivity index (χ4n) is 2.56. The van der Waals surface area contributed by atoms with E-state index in [1.807, 2.05) is 12.1 Å². The van der Waals surface area contributed by atoms with Crippen molar-refractivity contribution in [3.63, 3.8) is 0 Å². The largest absolute Gasteiger partial charge is 0.452 e. The maximum Gasteiger partial charge on any atom is 0.331 e. The van der Waals surface area contributed by atoms with Crippen molar-refractivity contribution in [1.82, 2.24) is 14.9 Å². The van der Waals surface area contributed by atoms with Gasteiger partial charge in [0.15, 0.2) is 6.61 Å². The molecule has 0 bridgehead atoms. The number of benzene rings is 1. The van der Waals surface area contributed by atoms with Gasteiger partial charge in [-0.25, -0.2) is 9.48 Å². The van der Waals surface area contributed by atoms with E-state index in [4.69, 9.17) is 32.5 Å². The van der Waals surface area contributed by atoms with E-state index >= 15 is 0 Å². The molecule has 0 aliphatic carbocycles. The highest BCUT2D eigenvalue weighted by molar-refractivity contribution is 6.31. The van der Waals surface area contributed by atoms with Crippen LogP contribution in [0.4, 0.5) is 5.88 Å². The summed E-state index contributed by atoms with van der Waals surface area (Å²) in [5.41, 5.74) is 2.83. The third kappa shape index (κ3) is 5.71. The summed E-state index contributed by atoms with van der Waals surface area (Å²) in [5, 5.41) is 11.5. The number of carbonyl (C=O) groups excluding carboxylic acids is 2. The number of halogens is 2. The van der Waals surface area contributed by atoms with E-state index in [-0.39, 0.29) is 5.88 Å². The summed E-state index contributed by atoms with van der Waals surface area (Å²) in [6, 6.07) is 8.89. The number of carbonyl (C=O) groups is 2. The zero-order chi connectivity index (χ0) is 21.7. The lowest BCUT2D eigenvalue weighted by Crippen LogP contribution is -2.19. The van der Waals surface area contributed by atoms with Crippen LogP contribution in [-0.2, 0) is 20.9 Å². The molecule has 0 saturated heterocycles. The molecule has 8 nitrogen and oxygen atoms in total. The van der Waals surface area contributed by atoms with Crippen molar-refractivity contribution in [2.45, 2.75) is 20.4 Å². The number of aromatic nitrogens is 3. The number of nitrogens with one attached hydrogen (secondary N) is 1. The van der Waals surface area contributed by atoms with Crippen molar-refractivity contribution < 1.29 is 18.8 Å². The van der Waals surface area contributed by atoms with Crippen LogP contribution in [0.2, 0.25) is 10.2 Å². The maximum atomic E-state index is 11.9. The average Bonchev–Trinajstić information content (AvgIpc) is 3.22. The Morgan fingerprint density at radius 1 is 1.23 bits per heavy atom. The van der Waals surface area contributed by atoms with Crippen molar-refractivity contribution in [1.29, 1.82) is 0 Å². The Morgan fingerprint density at radius 3 is 2.63 bits per heavy atom.